The summed E-state index contributed by atoms with van der Waals surface area (Å²) >= 11 is 0. The van der Waals surface area contributed by atoms with Crippen LogP contribution in [0, 0.1) is 0 Å². The van der Waals surface area contributed by atoms with Crippen molar-refractivity contribution in [2.45, 2.75) is 59.3 Å². The van der Waals surface area contributed by atoms with Crippen molar-refractivity contribution >= 4 is 7.12 Å². The molecule has 133 valence electrons. The normalized spacial score (nSPS) is 12.2. The zero-order chi connectivity index (χ0) is 18.1. The lowest BCUT2D eigenvalue weighted by molar-refractivity contribution is 0.692. The van der Waals surface area contributed by atoms with Crippen LogP contribution in [-0.2, 0) is 0 Å². The maximum Gasteiger partial charge on any atom is 0.260 e. The van der Waals surface area contributed by atoms with Crippen LogP contribution >= 0.6 is 0 Å². The number of hydrogen-bond acceptors (Lipinski definition) is 3. The van der Waals surface area contributed by atoms with Crippen LogP contribution in [0.15, 0.2) is 36.8 Å². The number of rotatable bonds is 6. The summed E-state index contributed by atoms with van der Waals surface area (Å²) in [5.74, 6) is 1.13. The van der Waals surface area contributed by atoms with Gasteiger partial charge in [0, 0.05) is 6.20 Å². The van der Waals surface area contributed by atoms with E-state index in [4.69, 9.17) is 10.2 Å². The first kappa shape index (κ1) is 17.5. The van der Waals surface area contributed by atoms with Crippen LogP contribution < -0.4 is 0 Å². The maximum absolute atomic E-state index is 4.79. The molecular weight excluding hydrogens is 311 g/mol. The predicted molar refractivity (Wildman–Crippen MR) is 101 cm³/mol. The van der Waals surface area contributed by atoms with Gasteiger partial charge in [0.1, 0.15) is 0 Å². The van der Waals surface area contributed by atoms with Crippen LogP contribution in [0.25, 0.3) is 0 Å². The predicted octanol–water partition coefficient (Wildman–Crippen LogP) is 3.58. The van der Waals surface area contributed by atoms with Crippen molar-refractivity contribution < 1.29 is 0 Å². The van der Waals surface area contributed by atoms with E-state index in [0.29, 0.717) is 17.8 Å². The topological polar surface area (TPSA) is 53.5 Å². The lowest BCUT2D eigenvalue weighted by atomic mass is 9.93. The van der Waals surface area contributed by atoms with Crippen LogP contribution in [0.5, 0.6) is 0 Å². The van der Waals surface area contributed by atoms with Crippen molar-refractivity contribution in [1.82, 2.24) is 29.1 Å². The average Bonchev–Trinajstić information content (AvgIpc) is 3.28. The van der Waals surface area contributed by atoms with E-state index in [0.717, 1.165) is 17.1 Å². The van der Waals surface area contributed by atoms with Gasteiger partial charge in [-0.25, -0.2) is 15.3 Å². The molecule has 0 N–H and O–H groups in total. The fourth-order valence-electron chi connectivity index (χ4n) is 2.90. The quantitative estimate of drug-likeness (QED) is 0.646. The lowest BCUT2D eigenvalue weighted by Gasteiger charge is -2.32. The Bertz CT molecular complexity index is 780. The van der Waals surface area contributed by atoms with E-state index in [2.05, 4.69) is 64.8 Å². The summed E-state index contributed by atoms with van der Waals surface area (Å²) in [6.45, 7) is 13.0. The van der Waals surface area contributed by atoms with Gasteiger partial charge in [0.05, 0.1) is 11.4 Å². The Hall–Kier alpha value is -2.31. The van der Waals surface area contributed by atoms with Gasteiger partial charge in [0.25, 0.3) is 7.12 Å². The molecule has 3 rings (SSSR count). The molecule has 0 bridgehead atoms. The molecule has 7 heteroatoms. The zero-order valence-corrected chi connectivity index (χ0v) is 16.0. The third-order valence-electron chi connectivity index (χ3n) is 4.43. The van der Waals surface area contributed by atoms with Crippen molar-refractivity contribution in [3.63, 3.8) is 0 Å². The first-order valence-electron chi connectivity index (χ1n) is 9.02. The Labute approximate surface area is 150 Å². The fraction of sp³-hybridized carbons (Fsp3) is 0.500. The van der Waals surface area contributed by atoms with Gasteiger partial charge in [-0.1, -0.05) is 41.5 Å². The minimum Gasteiger partial charge on any atom is -0.425 e. The van der Waals surface area contributed by atoms with Gasteiger partial charge in [-0.3, -0.25) is 0 Å². The van der Waals surface area contributed by atoms with E-state index in [1.807, 2.05) is 32.4 Å². The summed E-state index contributed by atoms with van der Waals surface area (Å²) in [6.07, 6.45) is 5.88. The molecule has 0 fully saturated rings. The van der Waals surface area contributed by atoms with Gasteiger partial charge in [-0.05, 0) is 54.0 Å². The molecule has 0 atom stereocenters. The molecule has 3 aromatic rings. The molecule has 0 spiro atoms. The highest BCUT2D eigenvalue weighted by molar-refractivity contribution is 6.52. The van der Waals surface area contributed by atoms with E-state index in [-0.39, 0.29) is 7.12 Å². The largest absolute Gasteiger partial charge is 0.425 e. The maximum atomic E-state index is 4.79. The summed E-state index contributed by atoms with van der Waals surface area (Å²) < 4.78 is 5.91. The van der Waals surface area contributed by atoms with Gasteiger partial charge >= 0.3 is 0 Å². The van der Waals surface area contributed by atoms with Gasteiger partial charge in [0.15, 0.2) is 0 Å². The van der Waals surface area contributed by atoms with E-state index >= 15 is 0 Å². The average molecular weight is 338 g/mol. The lowest BCUT2D eigenvalue weighted by Crippen LogP contribution is -2.44. The fourth-order valence-corrected chi connectivity index (χ4v) is 2.90. The van der Waals surface area contributed by atoms with Crippen LogP contribution in [-0.4, -0.2) is 36.2 Å². The van der Waals surface area contributed by atoms with Gasteiger partial charge < -0.3 is 13.8 Å². The Morgan fingerprint density at radius 3 is 1.68 bits per heavy atom. The highest BCUT2D eigenvalue weighted by Crippen LogP contribution is 2.18. The molecule has 6 nitrogen and oxygen atoms in total. The SMILES string of the molecule is CC(C)c1ccn([B-](n2ccc(C(C)C)n2)n2nccc2C(C)C)n1. The molecule has 3 heterocycles. The first-order chi connectivity index (χ1) is 11.9. The zero-order valence-electron chi connectivity index (χ0n) is 16.0. The number of hydrogen-bond donors (Lipinski definition) is 0. The Morgan fingerprint density at radius 1 is 0.760 bits per heavy atom. The van der Waals surface area contributed by atoms with E-state index in [9.17, 15) is 0 Å². The first-order valence-corrected chi connectivity index (χ1v) is 9.02. The second-order valence-corrected chi connectivity index (χ2v) is 7.45. The molecule has 3 aromatic heterocycles. The molecule has 0 aromatic carbocycles. The number of nitrogens with zero attached hydrogens (tertiary/aromatic N) is 6. The Morgan fingerprint density at radius 2 is 1.28 bits per heavy atom. The van der Waals surface area contributed by atoms with E-state index < -0.39 is 0 Å². The Kier molecular flexibility index (Phi) is 4.83. The summed E-state index contributed by atoms with van der Waals surface area (Å²) in [7, 11) is -0.243. The van der Waals surface area contributed by atoms with Gasteiger partial charge in [-0.15, -0.1) is 0 Å². The van der Waals surface area contributed by atoms with Crippen molar-refractivity contribution in [3.8, 4) is 0 Å². The molecule has 0 unspecified atom stereocenters. The van der Waals surface area contributed by atoms with Gasteiger partial charge in [0.2, 0.25) is 0 Å². The van der Waals surface area contributed by atoms with E-state index in [1.165, 1.54) is 0 Å². The summed E-state index contributed by atoms with van der Waals surface area (Å²) in [5, 5.41) is 14.2. The Balaban J connectivity index is 2.11. The molecule has 1 radical (unpaired) electrons. The minimum atomic E-state index is -0.243. The second kappa shape index (κ2) is 6.90. The molecule has 0 amide bonds. The van der Waals surface area contributed by atoms with Crippen LogP contribution in [0.2, 0.25) is 0 Å². The van der Waals surface area contributed by atoms with Gasteiger partial charge in [-0.2, -0.15) is 0 Å². The molecule has 0 aliphatic carbocycles. The molecule has 0 saturated carbocycles. The smallest absolute Gasteiger partial charge is 0.260 e. The van der Waals surface area contributed by atoms with Crippen molar-refractivity contribution in [1.29, 1.82) is 0 Å². The summed E-state index contributed by atoms with van der Waals surface area (Å²) in [5.41, 5.74) is 3.30. The summed E-state index contributed by atoms with van der Waals surface area (Å²) in [6, 6.07) is 6.21. The van der Waals surface area contributed by atoms with Crippen molar-refractivity contribution in [2.24, 2.45) is 0 Å². The standard InChI is InChI=1S/C18H27BN6/c1-13(2)16-8-11-23(21-16)19(24-12-9-17(22-24)14(3)4)25-18(15(5)6)7-10-20-25/h7-15H,1-6H3/q-1. The molecule has 0 aliphatic heterocycles. The highest BCUT2D eigenvalue weighted by atomic mass is 15.4. The highest BCUT2D eigenvalue weighted by Gasteiger charge is 2.16. The van der Waals surface area contributed by atoms with E-state index in [1.54, 1.807) is 0 Å². The monoisotopic (exact) mass is 338 g/mol. The molecule has 25 heavy (non-hydrogen) atoms. The van der Waals surface area contributed by atoms with Crippen LogP contribution in [0.1, 0.15) is 76.4 Å². The third-order valence-corrected chi connectivity index (χ3v) is 4.43. The van der Waals surface area contributed by atoms with Crippen LogP contribution in [0.3, 0.4) is 0 Å². The summed E-state index contributed by atoms with van der Waals surface area (Å²) in [4.78, 5) is 0. The molecule has 0 aliphatic rings. The molecular formula is C18H27BN6-. The number of aromatic nitrogens is 6. The van der Waals surface area contributed by atoms with Crippen molar-refractivity contribution in [2.75, 3.05) is 0 Å². The van der Waals surface area contributed by atoms with Crippen molar-refractivity contribution in [3.05, 3.63) is 53.9 Å². The molecule has 0 saturated heterocycles. The van der Waals surface area contributed by atoms with Crippen LogP contribution in [0.4, 0.5) is 0 Å². The second-order valence-electron chi connectivity index (χ2n) is 7.45. The third kappa shape index (κ3) is 3.41. The minimum absolute atomic E-state index is 0.243.